The third kappa shape index (κ3) is 2.54. The van der Waals surface area contributed by atoms with Crippen LogP contribution in [0.4, 0.5) is 4.39 Å². The van der Waals surface area contributed by atoms with E-state index < -0.39 is 18.3 Å². The van der Waals surface area contributed by atoms with Gasteiger partial charge in [-0.15, -0.1) is 11.3 Å². The fourth-order valence-electron chi connectivity index (χ4n) is 2.76. The van der Waals surface area contributed by atoms with Crippen molar-refractivity contribution >= 4 is 24.0 Å². The summed E-state index contributed by atoms with van der Waals surface area (Å²) < 4.78 is 26.7. The van der Waals surface area contributed by atoms with Gasteiger partial charge in [-0.3, -0.25) is 0 Å². The SMILES string of the molecule is CC1(C)OB(C(F)=C2CCCc3nc(CN)sc32)OC1(C)C. The highest BCUT2D eigenvalue weighted by Crippen LogP contribution is 2.43. The lowest BCUT2D eigenvalue weighted by Gasteiger charge is -2.32. The van der Waals surface area contributed by atoms with E-state index in [2.05, 4.69) is 4.98 Å². The molecule has 0 amide bonds. The van der Waals surface area contributed by atoms with Crippen LogP contribution in [0.5, 0.6) is 0 Å². The molecule has 3 rings (SSSR count). The van der Waals surface area contributed by atoms with Crippen LogP contribution in [0.25, 0.3) is 5.57 Å². The molecule has 1 fully saturated rings. The van der Waals surface area contributed by atoms with Gasteiger partial charge in [0.2, 0.25) is 0 Å². The molecule has 0 bridgehead atoms. The summed E-state index contributed by atoms with van der Waals surface area (Å²) >= 11 is 1.49. The Morgan fingerprint density at radius 3 is 2.50 bits per heavy atom. The normalized spacial score (nSPS) is 25.3. The zero-order valence-electron chi connectivity index (χ0n) is 13.5. The lowest BCUT2D eigenvalue weighted by molar-refractivity contribution is 0.00578. The monoisotopic (exact) mass is 324 g/mol. The summed E-state index contributed by atoms with van der Waals surface area (Å²) in [5.41, 5.74) is 5.91. The molecule has 0 aromatic carbocycles. The average Bonchev–Trinajstić information content (AvgIpc) is 2.96. The zero-order valence-corrected chi connectivity index (χ0v) is 14.3. The Hall–Kier alpha value is -0.755. The molecule has 1 aliphatic carbocycles. The number of nitrogens with zero attached hydrogens (tertiary/aromatic N) is 1. The molecule has 0 radical (unpaired) electrons. The maximum atomic E-state index is 15.0. The Bertz CT molecular complexity index is 611. The maximum Gasteiger partial charge on any atom is 0.525 e. The van der Waals surface area contributed by atoms with E-state index in [-0.39, 0.29) is 5.73 Å². The maximum absolute atomic E-state index is 15.0. The zero-order chi connectivity index (χ0) is 16.1. The number of thiazole rings is 1. The summed E-state index contributed by atoms with van der Waals surface area (Å²) in [6.45, 7) is 8.10. The third-order valence-electron chi connectivity index (χ3n) is 4.78. The number of halogens is 1. The van der Waals surface area contributed by atoms with Crippen LogP contribution in [0.2, 0.25) is 0 Å². The van der Waals surface area contributed by atoms with E-state index in [1.165, 1.54) is 11.3 Å². The van der Waals surface area contributed by atoms with E-state index in [0.29, 0.717) is 18.5 Å². The summed E-state index contributed by atoms with van der Waals surface area (Å²) in [7, 11) is -0.936. The first-order valence-electron chi connectivity index (χ1n) is 7.68. The van der Waals surface area contributed by atoms with Crippen molar-refractivity contribution in [2.45, 2.75) is 64.7 Å². The predicted octanol–water partition coefficient (Wildman–Crippen LogP) is 3.25. The van der Waals surface area contributed by atoms with Gasteiger partial charge in [-0.05, 0) is 52.5 Å². The molecule has 2 N–H and O–H groups in total. The van der Waals surface area contributed by atoms with E-state index in [4.69, 9.17) is 15.0 Å². The predicted molar refractivity (Wildman–Crippen MR) is 87.1 cm³/mol. The first-order valence-corrected chi connectivity index (χ1v) is 8.50. The number of nitrogens with two attached hydrogens (primary N) is 1. The van der Waals surface area contributed by atoms with Crippen LogP contribution in [0.3, 0.4) is 0 Å². The van der Waals surface area contributed by atoms with E-state index in [1.807, 2.05) is 27.7 Å². The lowest BCUT2D eigenvalue weighted by atomic mass is 9.81. The Labute approximate surface area is 135 Å². The van der Waals surface area contributed by atoms with Crippen LogP contribution in [-0.2, 0) is 22.3 Å². The van der Waals surface area contributed by atoms with Crippen molar-refractivity contribution in [3.8, 4) is 0 Å². The van der Waals surface area contributed by atoms with E-state index in [9.17, 15) is 0 Å². The molecule has 0 unspecified atom stereocenters. The van der Waals surface area contributed by atoms with Crippen molar-refractivity contribution in [3.05, 3.63) is 21.3 Å². The number of aromatic nitrogens is 1. The minimum atomic E-state index is -0.936. The molecule has 4 nitrogen and oxygen atoms in total. The second kappa shape index (κ2) is 5.41. The second-order valence-electron chi connectivity index (χ2n) is 6.86. The van der Waals surface area contributed by atoms with Gasteiger partial charge in [0.1, 0.15) is 10.7 Å². The number of rotatable bonds is 2. The summed E-state index contributed by atoms with van der Waals surface area (Å²) in [5, 5.41) is 0.853. The van der Waals surface area contributed by atoms with Crippen molar-refractivity contribution in [3.63, 3.8) is 0 Å². The fourth-order valence-corrected chi connectivity index (χ4v) is 3.82. The molecule has 1 saturated heterocycles. The van der Waals surface area contributed by atoms with E-state index >= 15 is 4.39 Å². The molecular weight excluding hydrogens is 302 g/mol. The van der Waals surface area contributed by atoms with Gasteiger partial charge in [-0.2, -0.15) is 0 Å². The molecule has 120 valence electrons. The molecule has 7 heteroatoms. The molecule has 0 saturated carbocycles. The van der Waals surface area contributed by atoms with Crippen LogP contribution >= 0.6 is 11.3 Å². The summed E-state index contributed by atoms with van der Waals surface area (Å²) in [4.78, 5) is 5.41. The van der Waals surface area contributed by atoms with Gasteiger partial charge < -0.3 is 15.0 Å². The van der Waals surface area contributed by atoms with Gasteiger partial charge in [0, 0.05) is 6.54 Å². The van der Waals surface area contributed by atoms with Crippen LogP contribution in [-0.4, -0.2) is 23.3 Å². The summed E-state index contributed by atoms with van der Waals surface area (Å²) in [6.07, 6.45) is 2.46. The minimum absolute atomic E-state index is 0.313. The molecule has 0 spiro atoms. The molecular formula is C15H22BFN2O2S. The number of fused-ring (bicyclic) bond motifs is 1. The second-order valence-corrected chi connectivity index (χ2v) is 7.94. The summed E-state index contributed by atoms with van der Waals surface area (Å²) in [6, 6.07) is 0. The number of allylic oxidation sites excluding steroid dienone is 1. The van der Waals surface area contributed by atoms with Crippen molar-refractivity contribution in [2.75, 3.05) is 0 Å². The van der Waals surface area contributed by atoms with Crippen molar-refractivity contribution in [2.24, 2.45) is 5.73 Å². The van der Waals surface area contributed by atoms with Crippen LogP contribution in [0.15, 0.2) is 5.73 Å². The number of hydrogen-bond donors (Lipinski definition) is 1. The van der Waals surface area contributed by atoms with E-state index in [0.717, 1.165) is 28.4 Å². The molecule has 1 aromatic rings. The van der Waals surface area contributed by atoms with Crippen LogP contribution < -0.4 is 5.73 Å². The number of hydrogen-bond acceptors (Lipinski definition) is 5. The summed E-state index contributed by atoms with van der Waals surface area (Å²) in [5.74, 6) is 0. The van der Waals surface area contributed by atoms with Crippen molar-refractivity contribution in [1.82, 2.24) is 4.98 Å². The molecule has 0 atom stereocenters. The topological polar surface area (TPSA) is 57.4 Å². The highest BCUT2D eigenvalue weighted by molar-refractivity contribution is 7.13. The van der Waals surface area contributed by atoms with Gasteiger partial charge in [0.05, 0.1) is 21.8 Å². The first kappa shape index (κ1) is 16.1. The van der Waals surface area contributed by atoms with Crippen molar-refractivity contribution < 1.29 is 13.7 Å². The van der Waals surface area contributed by atoms with Gasteiger partial charge in [-0.1, -0.05) is 0 Å². The average molecular weight is 324 g/mol. The smallest absolute Gasteiger partial charge is 0.398 e. The van der Waals surface area contributed by atoms with E-state index in [1.54, 1.807) is 0 Å². The highest BCUT2D eigenvalue weighted by atomic mass is 32.1. The molecule has 1 aliphatic heterocycles. The Morgan fingerprint density at radius 1 is 1.27 bits per heavy atom. The van der Waals surface area contributed by atoms with Crippen LogP contribution in [0, 0.1) is 0 Å². The quantitative estimate of drug-likeness (QED) is 0.849. The molecule has 2 heterocycles. The largest absolute Gasteiger partial charge is 0.525 e. The lowest BCUT2D eigenvalue weighted by Crippen LogP contribution is -2.41. The van der Waals surface area contributed by atoms with Crippen molar-refractivity contribution in [1.29, 1.82) is 0 Å². The van der Waals surface area contributed by atoms with Gasteiger partial charge in [0.15, 0.2) is 0 Å². The third-order valence-corrected chi connectivity index (χ3v) is 5.96. The molecule has 2 aliphatic rings. The van der Waals surface area contributed by atoms with Gasteiger partial charge in [-0.25, -0.2) is 9.37 Å². The van der Waals surface area contributed by atoms with Crippen LogP contribution in [0.1, 0.15) is 56.1 Å². The Kier molecular flexibility index (Phi) is 3.96. The first-order chi connectivity index (χ1) is 10.2. The Morgan fingerprint density at radius 2 is 1.91 bits per heavy atom. The Balaban J connectivity index is 1.97. The highest BCUT2D eigenvalue weighted by Gasteiger charge is 2.53. The fraction of sp³-hybridized carbons (Fsp3) is 0.667. The molecule has 1 aromatic heterocycles. The standard InChI is InChI=1S/C15H22BFN2O2S/c1-14(2)15(3,4)21-16(20-14)13(17)9-6-5-7-10-12(9)22-11(8-18)19-10/h5-8,18H2,1-4H3. The van der Waals surface area contributed by atoms with Gasteiger partial charge in [0.25, 0.3) is 0 Å². The number of aryl methyl sites for hydroxylation is 1. The molecule has 22 heavy (non-hydrogen) atoms. The van der Waals surface area contributed by atoms with Gasteiger partial charge >= 0.3 is 7.12 Å². The minimum Gasteiger partial charge on any atom is -0.398 e.